The molecule has 0 aliphatic carbocycles. The first-order valence-corrected chi connectivity index (χ1v) is 6.37. The van der Waals surface area contributed by atoms with Gasteiger partial charge in [0.1, 0.15) is 5.75 Å². The highest BCUT2D eigenvalue weighted by molar-refractivity contribution is 5.29. The van der Waals surface area contributed by atoms with Crippen LogP contribution < -0.4 is 10.1 Å². The lowest BCUT2D eigenvalue weighted by Crippen LogP contribution is -2.32. The van der Waals surface area contributed by atoms with Crippen LogP contribution in [0.15, 0.2) is 24.3 Å². The Kier molecular flexibility index (Phi) is 4.40. The summed E-state index contributed by atoms with van der Waals surface area (Å²) in [6.45, 7) is 3.45. The second kappa shape index (κ2) is 6.03. The zero-order valence-corrected chi connectivity index (χ0v) is 10.8. The Labute approximate surface area is 104 Å². The van der Waals surface area contributed by atoms with Gasteiger partial charge in [-0.25, -0.2) is 0 Å². The lowest BCUT2D eigenvalue weighted by molar-refractivity contribution is 0.242. The Morgan fingerprint density at radius 1 is 1.24 bits per heavy atom. The molecule has 0 amide bonds. The predicted octanol–water partition coefficient (Wildman–Crippen LogP) is 2.05. The van der Waals surface area contributed by atoms with E-state index in [0.29, 0.717) is 6.04 Å². The second-order valence-corrected chi connectivity index (χ2v) is 4.59. The van der Waals surface area contributed by atoms with Gasteiger partial charge in [-0.2, -0.15) is 0 Å². The van der Waals surface area contributed by atoms with E-state index in [4.69, 9.17) is 4.74 Å². The van der Waals surface area contributed by atoms with E-state index in [1.54, 1.807) is 7.11 Å². The summed E-state index contributed by atoms with van der Waals surface area (Å²) in [5.41, 5.74) is 1.38. The van der Waals surface area contributed by atoms with Crippen LogP contribution >= 0.6 is 0 Å². The summed E-state index contributed by atoms with van der Waals surface area (Å²) in [4.78, 5) is 2.57. The van der Waals surface area contributed by atoms with Crippen molar-refractivity contribution < 1.29 is 4.74 Å². The number of rotatable bonds is 5. The van der Waals surface area contributed by atoms with E-state index in [1.165, 1.54) is 31.5 Å². The fourth-order valence-electron chi connectivity index (χ4n) is 2.53. The van der Waals surface area contributed by atoms with Gasteiger partial charge in [0.05, 0.1) is 7.11 Å². The Hall–Kier alpha value is -1.06. The standard InChI is InChI=1S/C14H22N2O/c1-15-11-14(16-9-3-4-10-16)12-5-7-13(17-2)8-6-12/h5-8,14-15H,3-4,9-11H2,1-2H3. The van der Waals surface area contributed by atoms with Crippen molar-refractivity contribution in [2.45, 2.75) is 18.9 Å². The zero-order valence-electron chi connectivity index (χ0n) is 10.8. The molecule has 2 rings (SSSR count). The largest absolute Gasteiger partial charge is 0.497 e. The highest BCUT2D eigenvalue weighted by Gasteiger charge is 2.22. The quantitative estimate of drug-likeness (QED) is 0.844. The molecule has 3 heteroatoms. The molecule has 1 heterocycles. The Morgan fingerprint density at radius 2 is 1.88 bits per heavy atom. The van der Waals surface area contributed by atoms with Crippen LogP contribution in [0.3, 0.4) is 0 Å². The molecule has 0 bridgehead atoms. The number of methoxy groups -OCH3 is 1. The molecule has 0 saturated carbocycles. The Morgan fingerprint density at radius 3 is 2.41 bits per heavy atom. The van der Waals surface area contributed by atoms with Crippen LogP contribution in [0, 0.1) is 0 Å². The number of nitrogens with zero attached hydrogens (tertiary/aromatic N) is 1. The van der Waals surface area contributed by atoms with Crippen LogP contribution in [-0.4, -0.2) is 38.7 Å². The molecule has 1 aliphatic rings. The van der Waals surface area contributed by atoms with Crippen LogP contribution in [0.25, 0.3) is 0 Å². The van der Waals surface area contributed by atoms with Crippen molar-refractivity contribution in [3.8, 4) is 5.75 Å². The van der Waals surface area contributed by atoms with E-state index in [0.717, 1.165) is 12.3 Å². The van der Waals surface area contributed by atoms with Crippen LogP contribution in [-0.2, 0) is 0 Å². The molecule has 1 unspecified atom stereocenters. The zero-order chi connectivity index (χ0) is 12.1. The van der Waals surface area contributed by atoms with Crippen molar-refractivity contribution in [3.63, 3.8) is 0 Å². The maximum atomic E-state index is 5.21. The Balaban J connectivity index is 2.12. The van der Waals surface area contributed by atoms with Crippen molar-refractivity contribution >= 4 is 0 Å². The molecule has 0 radical (unpaired) electrons. The van der Waals surface area contributed by atoms with Gasteiger partial charge in [-0.15, -0.1) is 0 Å². The maximum Gasteiger partial charge on any atom is 0.118 e. The van der Waals surface area contributed by atoms with Crippen molar-refractivity contribution in [1.82, 2.24) is 10.2 Å². The van der Waals surface area contributed by atoms with Crippen LogP contribution in [0.5, 0.6) is 5.75 Å². The molecule has 1 fully saturated rings. The van der Waals surface area contributed by atoms with Gasteiger partial charge in [-0.05, 0) is 50.7 Å². The molecule has 1 aromatic carbocycles. The first-order chi connectivity index (χ1) is 8.35. The van der Waals surface area contributed by atoms with Crippen LogP contribution in [0.1, 0.15) is 24.4 Å². The maximum absolute atomic E-state index is 5.21. The number of benzene rings is 1. The molecular weight excluding hydrogens is 212 g/mol. The van der Waals surface area contributed by atoms with E-state index < -0.39 is 0 Å². The molecular formula is C14H22N2O. The van der Waals surface area contributed by atoms with Gasteiger partial charge in [0, 0.05) is 12.6 Å². The number of hydrogen-bond donors (Lipinski definition) is 1. The number of likely N-dealkylation sites (N-methyl/N-ethyl adjacent to an activating group) is 1. The first-order valence-electron chi connectivity index (χ1n) is 6.37. The van der Waals surface area contributed by atoms with Crippen molar-refractivity contribution in [2.75, 3.05) is 33.8 Å². The van der Waals surface area contributed by atoms with E-state index in [1.807, 2.05) is 19.2 Å². The molecule has 94 valence electrons. The molecule has 1 aliphatic heterocycles. The summed E-state index contributed by atoms with van der Waals surface area (Å²) in [7, 11) is 3.73. The fraction of sp³-hybridized carbons (Fsp3) is 0.571. The lowest BCUT2D eigenvalue weighted by Gasteiger charge is -2.27. The fourth-order valence-corrected chi connectivity index (χ4v) is 2.53. The molecule has 1 atom stereocenters. The number of hydrogen-bond acceptors (Lipinski definition) is 3. The number of likely N-dealkylation sites (tertiary alicyclic amines) is 1. The normalized spacial score (nSPS) is 18.2. The summed E-state index contributed by atoms with van der Waals surface area (Å²) in [5, 5.41) is 3.30. The van der Waals surface area contributed by atoms with Gasteiger partial charge in [0.25, 0.3) is 0 Å². The summed E-state index contributed by atoms with van der Waals surface area (Å²) in [6.07, 6.45) is 2.66. The van der Waals surface area contributed by atoms with Gasteiger partial charge in [-0.3, -0.25) is 4.90 Å². The minimum Gasteiger partial charge on any atom is -0.497 e. The van der Waals surface area contributed by atoms with E-state index >= 15 is 0 Å². The summed E-state index contributed by atoms with van der Waals surface area (Å²) in [6, 6.07) is 8.95. The van der Waals surface area contributed by atoms with Crippen molar-refractivity contribution in [3.05, 3.63) is 29.8 Å². The van der Waals surface area contributed by atoms with Gasteiger partial charge in [0.2, 0.25) is 0 Å². The third-order valence-electron chi connectivity index (χ3n) is 3.48. The first kappa shape index (κ1) is 12.4. The van der Waals surface area contributed by atoms with E-state index in [9.17, 15) is 0 Å². The third kappa shape index (κ3) is 2.99. The van der Waals surface area contributed by atoms with Crippen molar-refractivity contribution in [2.24, 2.45) is 0 Å². The van der Waals surface area contributed by atoms with E-state index in [2.05, 4.69) is 22.3 Å². The SMILES string of the molecule is CNCC(c1ccc(OC)cc1)N1CCCC1. The molecule has 1 aromatic rings. The van der Waals surface area contributed by atoms with Crippen molar-refractivity contribution in [1.29, 1.82) is 0 Å². The monoisotopic (exact) mass is 234 g/mol. The Bertz CT molecular complexity index is 331. The van der Waals surface area contributed by atoms with Crippen LogP contribution in [0.2, 0.25) is 0 Å². The molecule has 3 nitrogen and oxygen atoms in total. The second-order valence-electron chi connectivity index (χ2n) is 4.59. The molecule has 1 N–H and O–H groups in total. The summed E-state index contributed by atoms with van der Waals surface area (Å²) in [5.74, 6) is 0.929. The van der Waals surface area contributed by atoms with E-state index in [-0.39, 0.29) is 0 Å². The predicted molar refractivity (Wildman–Crippen MR) is 70.5 cm³/mol. The highest BCUT2D eigenvalue weighted by Crippen LogP contribution is 2.25. The average Bonchev–Trinajstić information content (AvgIpc) is 2.90. The minimum atomic E-state index is 0.494. The van der Waals surface area contributed by atoms with Gasteiger partial charge >= 0.3 is 0 Å². The van der Waals surface area contributed by atoms with Gasteiger partial charge in [-0.1, -0.05) is 12.1 Å². The molecule has 17 heavy (non-hydrogen) atoms. The number of nitrogens with one attached hydrogen (secondary N) is 1. The topological polar surface area (TPSA) is 24.5 Å². The highest BCUT2D eigenvalue weighted by atomic mass is 16.5. The molecule has 0 spiro atoms. The van der Waals surface area contributed by atoms with Gasteiger partial charge in [0.15, 0.2) is 0 Å². The average molecular weight is 234 g/mol. The minimum absolute atomic E-state index is 0.494. The molecule has 1 saturated heterocycles. The lowest BCUT2D eigenvalue weighted by atomic mass is 10.1. The van der Waals surface area contributed by atoms with Crippen LogP contribution in [0.4, 0.5) is 0 Å². The number of ether oxygens (including phenoxy) is 1. The summed E-state index contributed by atoms with van der Waals surface area (Å²) < 4.78 is 5.21. The van der Waals surface area contributed by atoms with Gasteiger partial charge < -0.3 is 10.1 Å². The third-order valence-corrected chi connectivity index (χ3v) is 3.48. The summed E-state index contributed by atoms with van der Waals surface area (Å²) >= 11 is 0. The smallest absolute Gasteiger partial charge is 0.118 e. The molecule has 0 aromatic heterocycles.